The van der Waals surface area contributed by atoms with Gasteiger partial charge in [0, 0.05) is 18.4 Å². The molecule has 0 spiro atoms. The molecule has 1 unspecified atom stereocenters. The Bertz CT molecular complexity index is 551. The Morgan fingerprint density at radius 3 is 3.00 bits per heavy atom. The van der Waals surface area contributed by atoms with Gasteiger partial charge in [-0.3, -0.25) is 9.20 Å². The van der Waals surface area contributed by atoms with Gasteiger partial charge in [-0.15, -0.1) is 10.2 Å². The van der Waals surface area contributed by atoms with Gasteiger partial charge < -0.3 is 10.4 Å². The van der Waals surface area contributed by atoms with Gasteiger partial charge >= 0.3 is 5.97 Å². The summed E-state index contributed by atoms with van der Waals surface area (Å²) in [6.45, 7) is 3.93. The van der Waals surface area contributed by atoms with Crippen molar-refractivity contribution in [2.24, 2.45) is 5.92 Å². The minimum absolute atomic E-state index is 0.0362. The first-order valence-corrected chi connectivity index (χ1v) is 5.70. The van der Waals surface area contributed by atoms with Crippen molar-refractivity contribution >= 4 is 17.4 Å². The Morgan fingerprint density at radius 2 is 2.33 bits per heavy atom. The molecular weight excluding hydrogens is 234 g/mol. The van der Waals surface area contributed by atoms with Gasteiger partial charge in [0.25, 0.3) is 0 Å². The molecule has 0 aliphatic carbocycles. The molecule has 2 heterocycles. The van der Waals surface area contributed by atoms with E-state index in [4.69, 9.17) is 5.11 Å². The predicted molar refractivity (Wildman–Crippen MR) is 65.3 cm³/mol. The van der Waals surface area contributed by atoms with Gasteiger partial charge in [-0.25, -0.2) is 4.98 Å². The summed E-state index contributed by atoms with van der Waals surface area (Å²) in [4.78, 5) is 15.0. The Morgan fingerprint density at radius 1 is 1.56 bits per heavy atom. The van der Waals surface area contributed by atoms with Crippen LogP contribution in [-0.4, -0.2) is 36.7 Å². The van der Waals surface area contributed by atoms with E-state index in [2.05, 4.69) is 20.5 Å². The zero-order valence-corrected chi connectivity index (χ0v) is 10.2. The number of carbonyl (C=O) groups is 1. The second-order valence-corrected chi connectivity index (χ2v) is 4.43. The molecule has 0 radical (unpaired) electrons. The SMILES string of the molecule is CC(C)C(CC(=O)O)Nc1nccn2cnnc12. The number of fused-ring (bicyclic) bond motifs is 1. The van der Waals surface area contributed by atoms with Crippen molar-refractivity contribution in [1.29, 1.82) is 0 Å². The van der Waals surface area contributed by atoms with Gasteiger partial charge in [-0.05, 0) is 5.92 Å². The number of hydrogen-bond donors (Lipinski definition) is 2. The topological polar surface area (TPSA) is 92.4 Å². The fourth-order valence-corrected chi connectivity index (χ4v) is 1.68. The van der Waals surface area contributed by atoms with Crippen molar-refractivity contribution < 1.29 is 9.90 Å². The molecule has 0 saturated heterocycles. The van der Waals surface area contributed by atoms with Gasteiger partial charge in [0.05, 0.1) is 6.42 Å². The summed E-state index contributed by atoms with van der Waals surface area (Å²) < 4.78 is 1.73. The lowest BCUT2D eigenvalue weighted by Crippen LogP contribution is -2.29. The van der Waals surface area contributed by atoms with Gasteiger partial charge in [0.15, 0.2) is 5.82 Å². The first kappa shape index (κ1) is 12.3. The minimum atomic E-state index is -0.838. The van der Waals surface area contributed by atoms with Gasteiger partial charge in [-0.2, -0.15) is 0 Å². The van der Waals surface area contributed by atoms with Crippen LogP contribution in [0.2, 0.25) is 0 Å². The second kappa shape index (κ2) is 4.99. The van der Waals surface area contributed by atoms with E-state index >= 15 is 0 Å². The van der Waals surface area contributed by atoms with Crippen LogP contribution in [0.3, 0.4) is 0 Å². The highest BCUT2D eigenvalue weighted by Gasteiger charge is 2.19. The second-order valence-electron chi connectivity index (χ2n) is 4.43. The van der Waals surface area contributed by atoms with Gasteiger partial charge in [0.2, 0.25) is 5.65 Å². The molecule has 18 heavy (non-hydrogen) atoms. The van der Waals surface area contributed by atoms with Crippen LogP contribution in [0.4, 0.5) is 5.82 Å². The average Bonchev–Trinajstić information content (AvgIpc) is 2.76. The number of aromatic nitrogens is 4. The van der Waals surface area contributed by atoms with E-state index in [0.717, 1.165) is 0 Å². The first-order valence-electron chi connectivity index (χ1n) is 5.70. The van der Waals surface area contributed by atoms with E-state index in [1.165, 1.54) is 0 Å². The molecule has 0 bridgehead atoms. The van der Waals surface area contributed by atoms with Crippen molar-refractivity contribution in [2.75, 3.05) is 5.32 Å². The molecule has 1 atom stereocenters. The number of nitrogens with zero attached hydrogens (tertiary/aromatic N) is 4. The standard InChI is InChI=1S/C11H15N5O2/c1-7(2)8(5-9(17)18)14-10-11-15-13-6-16(11)4-3-12-10/h3-4,6-8H,5H2,1-2H3,(H,12,14)(H,17,18). The zero-order chi connectivity index (χ0) is 13.1. The van der Waals surface area contributed by atoms with E-state index in [1.54, 1.807) is 23.1 Å². The molecule has 7 nitrogen and oxygen atoms in total. The molecule has 96 valence electrons. The predicted octanol–water partition coefficient (Wildman–Crippen LogP) is 1.04. The molecule has 2 N–H and O–H groups in total. The molecule has 0 amide bonds. The highest BCUT2D eigenvalue weighted by Crippen LogP contribution is 2.16. The van der Waals surface area contributed by atoms with E-state index in [0.29, 0.717) is 11.5 Å². The molecule has 0 aromatic carbocycles. The average molecular weight is 249 g/mol. The fourth-order valence-electron chi connectivity index (χ4n) is 1.68. The van der Waals surface area contributed by atoms with Crippen molar-refractivity contribution in [3.05, 3.63) is 18.7 Å². The largest absolute Gasteiger partial charge is 0.481 e. The molecular formula is C11H15N5O2. The third-order valence-electron chi connectivity index (χ3n) is 2.74. The lowest BCUT2D eigenvalue weighted by molar-refractivity contribution is -0.137. The van der Waals surface area contributed by atoms with E-state index in [9.17, 15) is 4.79 Å². The van der Waals surface area contributed by atoms with Crippen LogP contribution in [0, 0.1) is 5.92 Å². The van der Waals surface area contributed by atoms with Crippen molar-refractivity contribution in [3.63, 3.8) is 0 Å². The number of carboxylic acids is 1. The summed E-state index contributed by atoms with van der Waals surface area (Å²) in [5.74, 6) is -0.115. The van der Waals surface area contributed by atoms with Crippen molar-refractivity contribution in [3.8, 4) is 0 Å². The minimum Gasteiger partial charge on any atom is -0.481 e. The molecule has 0 aliphatic heterocycles. The number of aliphatic carboxylic acids is 1. The highest BCUT2D eigenvalue weighted by atomic mass is 16.4. The lowest BCUT2D eigenvalue weighted by atomic mass is 10.0. The van der Waals surface area contributed by atoms with Crippen LogP contribution in [0.1, 0.15) is 20.3 Å². The summed E-state index contributed by atoms with van der Waals surface area (Å²) in [6, 6.07) is -0.196. The normalized spacial score (nSPS) is 12.8. The van der Waals surface area contributed by atoms with E-state index < -0.39 is 5.97 Å². The van der Waals surface area contributed by atoms with Crippen LogP contribution >= 0.6 is 0 Å². The number of rotatable bonds is 5. The maximum atomic E-state index is 10.8. The monoisotopic (exact) mass is 249 g/mol. The number of nitrogens with one attached hydrogen (secondary N) is 1. The number of hydrogen-bond acceptors (Lipinski definition) is 5. The summed E-state index contributed by atoms with van der Waals surface area (Å²) >= 11 is 0. The third-order valence-corrected chi connectivity index (χ3v) is 2.74. The Labute approximate surface area is 104 Å². The Balaban J connectivity index is 2.25. The van der Waals surface area contributed by atoms with Crippen molar-refractivity contribution in [2.45, 2.75) is 26.3 Å². The molecule has 2 aromatic heterocycles. The lowest BCUT2D eigenvalue weighted by Gasteiger charge is -2.21. The molecule has 2 rings (SSSR count). The van der Waals surface area contributed by atoms with Crippen molar-refractivity contribution in [1.82, 2.24) is 19.6 Å². The van der Waals surface area contributed by atoms with E-state index in [-0.39, 0.29) is 18.4 Å². The molecule has 7 heteroatoms. The first-order chi connectivity index (χ1) is 8.58. The Hall–Kier alpha value is -2.18. The highest BCUT2D eigenvalue weighted by molar-refractivity contribution is 5.69. The van der Waals surface area contributed by atoms with Gasteiger partial charge in [0.1, 0.15) is 6.33 Å². The maximum Gasteiger partial charge on any atom is 0.305 e. The molecule has 0 aliphatic rings. The summed E-state index contributed by atoms with van der Waals surface area (Å²) in [6.07, 6.45) is 4.97. The third kappa shape index (κ3) is 2.55. The smallest absolute Gasteiger partial charge is 0.305 e. The maximum absolute atomic E-state index is 10.8. The summed E-state index contributed by atoms with van der Waals surface area (Å²) in [5.41, 5.74) is 0.591. The molecule has 0 fully saturated rings. The molecule has 0 saturated carbocycles. The quantitative estimate of drug-likeness (QED) is 0.822. The van der Waals surface area contributed by atoms with Crippen LogP contribution < -0.4 is 5.32 Å². The van der Waals surface area contributed by atoms with Crippen LogP contribution in [-0.2, 0) is 4.79 Å². The van der Waals surface area contributed by atoms with Crippen LogP contribution in [0.25, 0.3) is 5.65 Å². The van der Waals surface area contributed by atoms with Gasteiger partial charge in [-0.1, -0.05) is 13.8 Å². The summed E-state index contributed by atoms with van der Waals surface area (Å²) in [5, 5.41) is 19.8. The summed E-state index contributed by atoms with van der Waals surface area (Å²) in [7, 11) is 0. The molecule has 2 aromatic rings. The number of carboxylic acid groups (broad SMARTS) is 1. The zero-order valence-electron chi connectivity index (χ0n) is 10.2. The van der Waals surface area contributed by atoms with Crippen LogP contribution in [0.15, 0.2) is 18.7 Å². The fraction of sp³-hybridized carbons (Fsp3) is 0.455. The van der Waals surface area contributed by atoms with Crippen LogP contribution in [0.5, 0.6) is 0 Å². The number of anilines is 1. The Kier molecular flexibility index (Phi) is 3.40. The van der Waals surface area contributed by atoms with E-state index in [1.807, 2.05) is 13.8 Å².